The van der Waals surface area contributed by atoms with Gasteiger partial charge in [0.05, 0.1) is 11.6 Å². The molecule has 0 aromatic carbocycles. The largest absolute Gasteiger partial charge is 0.308 e. The van der Waals surface area contributed by atoms with Gasteiger partial charge in [0.15, 0.2) is 0 Å². The van der Waals surface area contributed by atoms with Crippen molar-refractivity contribution >= 4 is 22.7 Å². The smallest absolute Gasteiger partial charge is 0.0795 e. The molecule has 1 unspecified atom stereocenters. The standard InChI is InChI=1S/C9H10N2S2/c1-10-9(7-3-2-4-12-7)8-5-11-6-13-8/h2-6,9-10H,1H3. The van der Waals surface area contributed by atoms with E-state index in [2.05, 4.69) is 27.8 Å². The summed E-state index contributed by atoms with van der Waals surface area (Å²) in [5.74, 6) is 0. The van der Waals surface area contributed by atoms with Crippen LogP contribution in [0.5, 0.6) is 0 Å². The highest BCUT2D eigenvalue weighted by molar-refractivity contribution is 7.11. The predicted octanol–water partition coefficient (Wildman–Crippen LogP) is 2.51. The Morgan fingerprint density at radius 2 is 2.31 bits per heavy atom. The molecule has 0 fully saturated rings. The molecule has 2 heterocycles. The van der Waals surface area contributed by atoms with E-state index in [1.807, 2.05) is 18.8 Å². The van der Waals surface area contributed by atoms with Crippen molar-refractivity contribution in [2.75, 3.05) is 7.05 Å². The molecule has 0 radical (unpaired) electrons. The van der Waals surface area contributed by atoms with Gasteiger partial charge < -0.3 is 5.32 Å². The van der Waals surface area contributed by atoms with Gasteiger partial charge in [-0.1, -0.05) is 6.07 Å². The Kier molecular flexibility index (Phi) is 2.73. The van der Waals surface area contributed by atoms with Crippen molar-refractivity contribution in [1.29, 1.82) is 0 Å². The highest BCUT2D eigenvalue weighted by Gasteiger charge is 2.13. The summed E-state index contributed by atoms with van der Waals surface area (Å²) < 4.78 is 0. The fourth-order valence-corrected chi connectivity index (χ4v) is 2.92. The molecule has 0 amide bonds. The zero-order valence-corrected chi connectivity index (χ0v) is 8.86. The molecule has 13 heavy (non-hydrogen) atoms. The highest BCUT2D eigenvalue weighted by Crippen LogP contribution is 2.27. The molecule has 4 heteroatoms. The van der Waals surface area contributed by atoms with E-state index in [1.54, 1.807) is 22.7 Å². The van der Waals surface area contributed by atoms with Gasteiger partial charge in [0, 0.05) is 16.0 Å². The Labute approximate surface area is 85.3 Å². The van der Waals surface area contributed by atoms with Gasteiger partial charge in [-0.15, -0.1) is 22.7 Å². The predicted molar refractivity (Wildman–Crippen MR) is 57.3 cm³/mol. The first-order valence-electron chi connectivity index (χ1n) is 4.01. The van der Waals surface area contributed by atoms with E-state index in [1.165, 1.54) is 9.75 Å². The van der Waals surface area contributed by atoms with Crippen LogP contribution in [0.15, 0.2) is 29.2 Å². The van der Waals surface area contributed by atoms with Crippen molar-refractivity contribution in [2.45, 2.75) is 6.04 Å². The zero-order chi connectivity index (χ0) is 9.10. The average molecular weight is 210 g/mol. The van der Waals surface area contributed by atoms with E-state index in [9.17, 15) is 0 Å². The van der Waals surface area contributed by atoms with Crippen LogP contribution >= 0.6 is 22.7 Å². The number of hydrogen-bond donors (Lipinski definition) is 1. The molecule has 2 aromatic rings. The first kappa shape index (κ1) is 8.87. The van der Waals surface area contributed by atoms with Crippen LogP contribution < -0.4 is 5.32 Å². The summed E-state index contributed by atoms with van der Waals surface area (Å²) in [4.78, 5) is 6.69. The normalized spacial score (nSPS) is 13.0. The lowest BCUT2D eigenvalue weighted by atomic mass is 10.2. The molecule has 0 saturated carbocycles. The van der Waals surface area contributed by atoms with Gasteiger partial charge >= 0.3 is 0 Å². The second-order valence-corrected chi connectivity index (χ2v) is 4.54. The summed E-state index contributed by atoms with van der Waals surface area (Å²) in [6.07, 6.45) is 1.92. The Hall–Kier alpha value is -0.710. The number of aromatic nitrogens is 1. The fourth-order valence-electron chi connectivity index (χ4n) is 1.25. The molecule has 0 aliphatic heterocycles. The van der Waals surface area contributed by atoms with Crippen molar-refractivity contribution in [3.05, 3.63) is 39.0 Å². The van der Waals surface area contributed by atoms with Gasteiger partial charge in [-0.05, 0) is 18.5 Å². The third kappa shape index (κ3) is 1.80. The molecule has 2 aromatic heterocycles. The monoisotopic (exact) mass is 210 g/mol. The average Bonchev–Trinajstić information content (AvgIpc) is 2.76. The molecule has 0 spiro atoms. The Morgan fingerprint density at radius 1 is 1.38 bits per heavy atom. The van der Waals surface area contributed by atoms with Crippen LogP contribution in [0.25, 0.3) is 0 Å². The van der Waals surface area contributed by atoms with Crippen molar-refractivity contribution in [3.8, 4) is 0 Å². The van der Waals surface area contributed by atoms with Gasteiger partial charge in [0.1, 0.15) is 0 Å². The summed E-state index contributed by atoms with van der Waals surface area (Å²) in [5.41, 5.74) is 1.87. The van der Waals surface area contributed by atoms with Crippen molar-refractivity contribution < 1.29 is 0 Å². The maximum Gasteiger partial charge on any atom is 0.0795 e. The SMILES string of the molecule is CNC(c1cccs1)c1cncs1. The van der Waals surface area contributed by atoms with Crippen LogP contribution in [0.1, 0.15) is 15.8 Å². The molecule has 0 bridgehead atoms. The molecule has 0 aliphatic rings. The first-order valence-corrected chi connectivity index (χ1v) is 5.77. The summed E-state index contributed by atoms with van der Waals surface area (Å²) in [7, 11) is 1.98. The number of hydrogen-bond acceptors (Lipinski definition) is 4. The summed E-state index contributed by atoms with van der Waals surface area (Å²) >= 11 is 3.46. The quantitative estimate of drug-likeness (QED) is 0.842. The van der Waals surface area contributed by atoms with Crippen molar-refractivity contribution in [3.63, 3.8) is 0 Å². The lowest BCUT2D eigenvalue weighted by Gasteiger charge is -2.10. The van der Waals surface area contributed by atoms with Crippen molar-refractivity contribution in [1.82, 2.24) is 10.3 Å². The molecular formula is C9H10N2S2. The third-order valence-electron chi connectivity index (χ3n) is 1.85. The molecule has 2 rings (SSSR count). The Morgan fingerprint density at radius 3 is 2.85 bits per heavy atom. The Bertz CT molecular complexity index is 305. The van der Waals surface area contributed by atoms with Crippen LogP contribution in [0, 0.1) is 0 Å². The van der Waals surface area contributed by atoms with E-state index in [0.29, 0.717) is 6.04 Å². The van der Waals surface area contributed by atoms with E-state index in [0.717, 1.165) is 0 Å². The van der Waals surface area contributed by atoms with E-state index in [-0.39, 0.29) is 0 Å². The first-order chi connectivity index (χ1) is 6.42. The molecule has 68 valence electrons. The lowest BCUT2D eigenvalue weighted by Crippen LogP contribution is -2.14. The van der Waals surface area contributed by atoms with Gasteiger partial charge in [-0.25, -0.2) is 0 Å². The maximum atomic E-state index is 4.08. The van der Waals surface area contributed by atoms with Crippen molar-refractivity contribution in [2.24, 2.45) is 0 Å². The van der Waals surface area contributed by atoms with E-state index in [4.69, 9.17) is 0 Å². The second kappa shape index (κ2) is 4.00. The van der Waals surface area contributed by atoms with Gasteiger partial charge in [0.2, 0.25) is 0 Å². The lowest BCUT2D eigenvalue weighted by molar-refractivity contribution is 0.714. The van der Waals surface area contributed by atoms with Crippen LogP contribution in [-0.2, 0) is 0 Å². The van der Waals surface area contributed by atoms with Gasteiger partial charge in [0.25, 0.3) is 0 Å². The molecular weight excluding hydrogens is 200 g/mol. The summed E-state index contributed by atoms with van der Waals surface area (Å²) in [6, 6.07) is 4.53. The zero-order valence-electron chi connectivity index (χ0n) is 7.23. The highest BCUT2D eigenvalue weighted by atomic mass is 32.1. The van der Waals surface area contributed by atoms with Gasteiger partial charge in [-0.3, -0.25) is 4.98 Å². The minimum atomic E-state index is 0.312. The minimum absolute atomic E-state index is 0.312. The summed E-state index contributed by atoms with van der Waals surface area (Å²) in [5, 5.41) is 5.39. The van der Waals surface area contributed by atoms with E-state index >= 15 is 0 Å². The number of thiazole rings is 1. The molecule has 1 N–H and O–H groups in total. The molecule has 2 nitrogen and oxygen atoms in total. The Balaban J connectivity index is 2.29. The third-order valence-corrected chi connectivity index (χ3v) is 3.63. The molecule has 1 atom stereocenters. The summed E-state index contributed by atoms with van der Waals surface area (Å²) in [6.45, 7) is 0. The van der Waals surface area contributed by atoms with Crippen LogP contribution in [0.3, 0.4) is 0 Å². The fraction of sp³-hybridized carbons (Fsp3) is 0.222. The molecule has 0 aliphatic carbocycles. The number of nitrogens with zero attached hydrogens (tertiary/aromatic N) is 1. The topological polar surface area (TPSA) is 24.9 Å². The van der Waals surface area contributed by atoms with E-state index < -0.39 is 0 Å². The minimum Gasteiger partial charge on any atom is -0.308 e. The maximum absolute atomic E-state index is 4.08. The second-order valence-electron chi connectivity index (χ2n) is 2.64. The van der Waals surface area contributed by atoms with Crippen LogP contribution in [-0.4, -0.2) is 12.0 Å². The number of rotatable bonds is 3. The molecule has 0 saturated heterocycles. The van der Waals surface area contributed by atoms with Gasteiger partial charge in [-0.2, -0.15) is 0 Å². The van der Waals surface area contributed by atoms with Crippen LogP contribution in [0.4, 0.5) is 0 Å². The van der Waals surface area contributed by atoms with Crippen LogP contribution in [0.2, 0.25) is 0 Å². The number of thiophene rings is 1. The number of nitrogens with one attached hydrogen (secondary N) is 1.